The van der Waals surface area contributed by atoms with E-state index in [1.165, 1.54) is 32.1 Å². The molecular formula is C14H24O. The minimum Gasteiger partial charge on any atom is -0.307 e. The molecule has 0 aromatic rings. The van der Waals surface area contributed by atoms with Crippen LogP contribution in [0.5, 0.6) is 0 Å². The fourth-order valence-electron chi connectivity index (χ4n) is 1.94. The lowest BCUT2D eigenvalue weighted by Gasteiger charge is -2.16. The third-order valence-corrected chi connectivity index (χ3v) is 2.69. The molecule has 0 spiro atoms. The standard InChI is InChI=1S/C8H14.C5H8.CH2O/c1-7-4-3-5-8(2)6-7;1-2-4-5-3-1;1-2/h3-4,7-8H,5-6H2,1-2H3;1-2H,3-5H2;1H2. The summed E-state index contributed by atoms with van der Waals surface area (Å²) >= 11 is 0. The molecule has 0 aromatic heterocycles. The molecule has 0 bridgehead atoms. The van der Waals surface area contributed by atoms with Crippen LogP contribution >= 0.6 is 0 Å². The Balaban J connectivity index is 0.000000241. The van der Waals surface area contributed by atoms with E-state index >= 15 is 0 Å². The van der Waals surface area contributed by atoms with E-state index < -0.39 is 0 Å². The first-order chi connectivity index (χ1) is 7.29. The van der Waals surface area contributed by atoms with Crippen molar-refractivity contribution in [3.63, 3.8) is 0 Å². The van der Waals surface area contributed by atoms with Gasteiger partial charge in [-0.2, -0.15) is 0 Å². The summed E-state index contributed by atoms with van der Waals surface area (Å²) in [4.78, 5) is 8.00. The van der Waals surface area contributed by atoms with Gasteiger partial charge in [0, 0.05) is 0 Å². The summed E-state index contributed by atoms with van der Waals surface area (Å²) in [5.41, 5.74) is 0. The second-order valence-corrected chi connectivity index (χ2v) is 4.38. The minimum absolute atomic E-state index is 0.832. The van der Waals surface area contributed by atoms with Crippen molar-refractivity contribution in [1.29, 1.82) is 0 Å². The van der Waals surface area contributed by atoms with Crippen LogP contribution in [-0.4, -0.2) is 6.79 Å². The highest BCUT2D eigenvalue weighted by Gasteiger charge is 2.08. The topological polar surface area (TPSA) is 17.1 Å². The van der Waals surface area contributed by atoms with Gasteiger partial charge in [-0.25, -0.2) is 0 Å². The Morgan fingerprint density at radius 2 is 1.67 bits per heavy atom. The van der Waals surface area contributed by atoms with Gasteiger partial charge >= 0.3 is 0 Å². The van der Waals surface area contributed by atoms with E-state index in [4.69, 9.17) is 4.79 Å². The molecule has 0 heterocycles. The van der Waals surface area contributed by atoms with Gasteiger partial charge in [0.15, 0.2) is 0 Å². The summed E-state index contributed by atoms with van der Waals surface area (Å²) in [5.74, 6) is 1.76. The smallest absolute Gasteiger partial charge is 0.106 e. The van der Waals surface area contributed by atoms with E-state index in [2.05, 4.69) is 38.2 Å². The first-order valence-electron chi connectivity index (χ1n) is 5.89. The van der Waals surface area contributed by atoms with E-state index in [0.717, 1.165) is 11.8 Å². The molecule has 0 N–H and O–H groups in total. The largest absolute Gasteiger partial charge is 0.307 e. The van der Waals surface area contributed by atoms with E-state index in [1.807, 2.05) is 6.79 Å². The van der Waals surface area contributed by atoms with Crippen molar-refractivity contribution in [2.45, 2.75) is 46.0 Å². The van der Waals surface area contributed by atoms with Crippen LogP contribution in [-0.2, 0) is 4.79 Å². The predicted octanol–water partition coefficient (Wildman–Crippen LogP) is 4.15. The van der Waals surface area contributed by atoms with Gasteiger partial charge in [0.05, 0.1) is 0 Å². The van der Waals surface area contributed by atoms with Gasteiger partial charge in [-0.1, -0.05) is 38.2 Å². The molecule has 0 saturated heterocycles. The zero-order valence-electron chi connectivity index (χ0n) is 10.1. The Labute approximate surface area is 94.3 Å². The molecule has 2 rings (SSSR count). The monoisotopic (exact) mass is 208 g/mol. The highest BCUT2D eigenvalue weighted by atomic mass is 16.1. The molecule has 86 valence electrons. The van der Waals surface area contributed by atoms with E-state index in [-0.39, 0.29) is 0 Å². The van der Waals surface area contributed by atoms with Crippen LogP contribution < -0.4 is 0 Å². The fraction of sp³-hybridized carbons (Fsp3) is 0.643. The Bertz CT molecular complexity index is 188. The van der Waals surface area contributed by atoms with E-state index in [1.54, 1.807) is 0 Å². The van der Waals surface area contributed by atoms with Gasteiger partial charge in [0.25, 0.3) is 0 Å². The van der Waals surface area contributed by atoms with Crippen LogP contribution in [0.25, 0.3) is 0 Å². The zero-order valence-corrected chi connectivity index (χ0v) is 10.1. The Morgan fingerprint density at radius 1 is 1.07 bits per heavy atom. The van der Waals surface area contributed by atoms with Crippen LogP contribution in [0, 0.1) is 11.8 Å². The summed E-state index contributed by atoms with van der Waals surface area (Å²) in [5, 5.41) is 0. The lowest BCUT2D eigenvalue weighted by Crippen LogP contribution is -2.04. The Kier molecular flexibility index (Phi) is 9.15. The van der Waals surface area contributed by atoms with Crippen molar-refractivity contribution < 1.29 is 4.79 Å². The summed E-state index contributed by atoms with van der Waals surface area (Å²) in [6.45, 7) is 6.60. The highest BCUT2D eigenvalue weighted by molar-refractivity contribution is 5.11. The van der Waals surface area contributed by atoms with Crippen LogP contribution in [0.1, 0.15) is 46.0 Å². The van der Waals surface area contributed by atoms with Gasteiger partial charge in [-0.3, -0.25) is 0 Å². The van der Waals surface area contributed by atoms with Crippen molar-refractivity contribution in [3.8, 4) is 0 Å². The number of hydrogen-bond acceptors (Lipinski definition) is 1. The number of allylic oxidation sites excluding steroid dienone is 4. The fourth-order valence-corrected chi connectivity index (χ4v) is 1.94. The van der Waals surface area contributed by atoms with Crippen molar-refractivity contribution in [2.24, 2.45) is 11.8 Å². The van der Waals surface area contributed by atoms with Gasteiger partial charge in [0.2, 0.25) is 0 Å². The molecule has 2 unspecified atom stereocenters. The van der Waals surface area contributed by atoms with Crippen LogP contribution in [0.2, 0.25) is 0 Å². The molecule has 2 atom stereocenters. The minimum atomic E-state index is 0.832. The van der Waals surface area contributed by atoms with Gasteiger partial charge in [0.1, 0.15) is 6.79 Å². The Morgan fingerprint density at radius 3 is 1.93 bits per heavy atom. The van der Waals surface area contributed by atoms with Crippen molar-refractivity contribution in [1.82, 2.24) is 0 Å². The van der Waals surface area contributed by atoms with Crippen molar-refractivity contribution in [3.05, 3.63) is 24.3 Å². The number of carbonyl (C=O) groups is 1. The third-order valence-electron chi connectivity index (χ3n) is 2.69. The summed E-state index contributed by atoms with van der Waals surface area (Å²) in [7, 11) is 0. The first-order valence-corrected chi connectivity index (χ1v) is 5.89. The number of rotatable bonds is 0. The molecule has 0 fully saturated rings. The van der Waals surface area contributed by atoms with Crippen molar-refractivity contribution >= 4 is 6.79 Å². The van der Waals surface area contributed by atoms with Gasteiger partial charge in [-0.15, -0.1) is 0 Å². The average molecular weight is 208 g/mol. The first kappa shape index (κ1) is 14.2. The van der Waals surface area contributed by atoms with Crippen molar-refractivity contribution in [2.75, 3.05) is 0 Å². The van der Waals surface area contributed by atoms with Crippen LogP contribution in [0.3, 0.4) is 0 Å². The summed E-state index contributed by atoms with van der Waals surface area (Å²) in [6.07, 6.45) is 15.8. The third kappa shape index (κ3) is 8.17. The normalized spacial score (nSPS) is 27.3. The average Bonchev–Trinajstić information content (AvgIpc) is 2.78. The molecular weight excluding hydrogens is 184 g/mol. The quantitative estimate of drug-likeness (QED) is 0.546. The second kappa shape index (κ2) is 9.70. The maximum absolute atomic E-state index is 8.00. The van der Waals surface area contributed by atoms with Crippen LogP contribution in [0.4, 0.5) is 0 Å². The molecule has 0 aromatic carbocycles. The molecule has 1 nitrogen and oxygen atoms in total. The summed E-state index contributed by atoms with van der Waals surface area (Å²) in [6, 6.07) is 0. The lowest BCUT2D eigenvalue weighted by atomic mass is 9.89. The number of carbonyl (C=O) groups excluding carboxylic acids is 1. The molecule has 15 heavy (non-hydrogen) atoms. The maximum atomic E-state index is 8.00. The second-order valence-electron chi connectivity index (χ2n) is 4.38. The van der Waals surface area contributed by atoms with Gasteiger partial charge in [-0.05, 0) is 43.9 Å². The molecule has 0 radical (unpaired) electrons. The predicted molar refractivity (Wildman–Crippen MR) is 66.8 cm³/mol. The Hall–Kier alpha value is -0.850. The molecule has 2 aliphatic carbocycles. The molecule has 2 aliphatic rings. The van der Waals surface area contributed by atoms with E-state index in [0.29, 0.717) is 0 Å². The molecule has 1 heteroatoms. The highest BCUT2D eigenvalue weighted by Crippen LogP contribution is 2.21. The SMILES string of the molecule is C1=CCCC1.C=O.CC1C=CCC(C)C1. The maximum Gasteiger partial charge on any atom is 0.106 e. The van der Waals surface area contributed by atoms with Crippen LogP contribution in [0.15, 0.2) is 24.3 Å². The number of hydrogen-bond donors (Lipinski definition) is 0. The van der Waals surface area contributed by atoms with Gasteiger partial charge < -0.3 is 4.79 Å². The molecule has 0 saturated carbocycles. The van der Waals surface area contributed by atoms with E-state index in [9.17, 15) is 0 Å². The zero-order chi connectivity index (χ0) is 11.5. The summed E-state index contributed by atoms with van der Waals surface area (Å²) < 4.78 is 0. The molecule has 0 aliphatic heterocycles. The lowest BCUT2D eigenvalue weighted by molar-refractivity contribution is -0.0979. The molecule has 0 amide bonds.